The van der Waals surface area contributed by atoms with Crippen molar-refractivity contribution in [2.45, 2.75) is 0 Å². The third kappa shape index (κ3) is 4.02. The third-order valence-electron chi connectivity index (χ3n) is 2.91. The molecule has 0 spiro atoms. The number of aliphatic carboxylic acids is 1. The van der Waals surface area contributed by atoms with E-state index in [1.807, 2.05) is 0 Å². The van der Waals surface area contributed by atoms with Crippen LogP contribution < -0.4 is 14.2 Å². The Labute approximate surface area is 128 Å². The highest BCUT2D eigenvalue weighted by Gasteiger charge is 2.10. The fraction of sp³-hybridized carbons (Fsp3) is 0.118. The van der Waals surface area contributed by atoms with Crippen LogP contribution in [0.15, 0.2) is 54.3 Å². The third-order valence-corrected chi connectivity index (χ3v) is 2.91. The molecule has 0 aliphatic heterocycles. The average molecular weight is 300 g/mol. The van der Waals surface area contributed by atoms with Gasteiger partial charge in [0.05, 0.1) is 14.2 Å². The molecule has 0 radical (unpaired) electrons. The van der Waals surface area contributed by atoms with Crippen molar-refractivity contribution in [1.82, 2.24) is 0 Å². The minimum atomic E-state index is -1.15. The Morgan fingerprint density at radius 2 is 1.32 bits per heavy atom. The Kier molecular flexibility index (Phi) is 5.03. The van der Waals surface area contributed by atoms with Crippen LogP contribution in [0.25, 0.3) is 6.08 Å². The van der Waals surface area contributed by atoms with E-state index in [2.05, 4.69) is 0 Å². The topological polar surface area (TPSA) is 65.0 Å². The van der Waals surface area contributed by atoms with E-state index in [0.29, 0.717) is 22.8 Å². The van der Waals surface area contributed by atoms with Crippen molar-refractivity contribution in [3.63, 3.8) is 0 Å². The lowest BCUT2D eigenvalue weighted by molar-refractivity contribution is -0.134. The van der Waals surface area contributed by atoms with Crippen LogP contribution in [0.2, 0.25) is 0 Å². The predicted molar refractivity (Wildman–Crippen MR) is 82.2 cm³/mol. The average Bonchev–Trinajstić information content (AvgIpc) is 2.55. The van der Waals surface area contributed by atoms with E-state index < -0.39 is 5.97 Å². The van der Waals surface area contributed by atoms with Gasteiger partial charge in [0.1, 0.15) is 17.2 Å². The molecule has 22 heavy (non-hydrogen) atoms. The Morgan fingerprint density at radius 3 is 1.77 bits per heavy atom. The maximum atomic E-state index is 11.3. The maximum Gasteiger partial charge on any atom is 0.371 e. The van der Waals surface area contributed by atoms with Gasteiger partial charge in [-0.1, -0.05) is 12.1 Å². The van der Waals surface area contributed by atoms with Crippen LogP contribution in [0.5, 0.6) is 17.2 Å². The summed E-state index contributed by atoms with van der Waals surface area (Å²) in [5.74, 6) is 0.471. The van der Waals surface area contributed by atoms with E-state index in [9.17, 15) is 9.90 Å². The molecule has 0 saturated carbocycles. The van der Waals surface area contributed by atoms with Crippen molar-refractivity contribution < 1.29 is 24.1 Å². The molecule has 114 valence electrons. The molecule has 0 heterocycles. The fourth-order valence-corrected chi connectivity index (χ4v) is 1.76. The Balaban J connectivity index is 2.20. The number of carboxylic acids is 1. The Morgan fingerprint density at radius 1 is 0.864 bits per heavy atom. The minimum absolute atomic E-state index is 0.171. The molecule has 2 aromatic carbocycles. The lowest BCUT2D eigenvalue weighted by Gasteiger charge is -2.07. The van der Waals surface area contributed by atoms with E-state index in [1.165, 1.54) is 6.08 Å². The van der Waals surface area contributed by atoms with Gasteiger partial charge in [-0.25, -0.2) is 4.79 Å². The van der Waals surface area contributed by atoms with Gasteiger partial charge in [0.15, 0.2) is 0 Å². The molecular formula is C17H16O5. The SMILES string of the molecule is COc1ccc(C=C(Oc2ccc(OC)cc2)C(=O)O)cc1. The number of methoxy groups -OCH3 is 2. The van der Waals surface area contributed by atoms with Gasteiger partial charge in [-0.05, 0) is 48.0 Å². The van der Waals surface area contributed by atoms with Crippen LogP contribution in [-0.4, -0.2) is 25.3 Å². The summed E-state index contributed by atoms with van der Waals surface area (Å²) in [4.78, 5) is 11.3. The lowest BCUT2D eigenvalue weighted by Crippen LogP contribution is -2.07. The summed E-state index contributed by atoms with van der Waals surface area (Å²) in [5.41, 5.74) is 0.701. The van der Waals surface area contributed by atoms with Crippen LogP contribution in [-0.2, 0) is 4.79 Å². The van der Waals surface area contributed by atoms with E-state index in [0.717, 1.165) is 0 Å². The van der Waals surface area contributed by atoms with Gasteiger partial charge in [0.2, 0.25) is 5.76 Å². The molecule has 5 nitrogen and oxygen atoms in total. The second-order valence-electron chi connectivity index (χ2n) is 4.36. The van der Waals surface area contributed by atoms with Crippen LogP contribution in [0.3, 0.4) is 0 Å². The largest absolute Gasteiger partial charge is 0.497 e. The van der Waals surface area contributed by atoms with Gasteiger partial charge in [0, 0.05) is 0 Å². The zero-order valence-corrected chi connectivity index (χ0v) is 12.3. The summed E-state index contributed by atoms with van der Waals surface area (Å²) in [5, 5.41) is 9.25. The van der Waals surface area contributed by atoms with E-state index >= 15 is 0 Å². The summed E-state index contributed by atoms with van der Waals surface area (Å²) in [6, 6.07) is 13.7. The number of rotatable bonds is 6. The van der Waals surface area contributed by atoms with Crippen molar-refractivity contribution in [2.24, 2.45) is 0 Å². The second kappa shape index (κ2) is 7.17. The minimum Gasteiger partial charge on any atom is -0.497 e. The molecule has 2 rings (SSSR count). The van der Waals surface area contributed by atoms with Crippen molar-refractivity contribution in [1.29, 1.82) is 0 Å². The first-order valence-corrected chi connectivity index (χ1v) is 6.53. The summed E-state index contributed by atoms with van der Waals surface area (Å²) < 4.78 is 15.5. The summed E-state index contributed by atoms with van der Waals surface area (Å²) >= 11 is 0. The highest BCUT2D eigenvalue weighted by molar-refractivity contribution is 5.90. The molecule has 0 aliphatic carbocycles. The van der Waals surface area contributed by atoms with Gasteiger partial charge in [-0.3, -0.25) is 0 Å². The first kappa shape index (κ1) is 15.4. The second-order valence-corrected chi connectivity index (χ2v) is 4.36. The molecule has 0 aliphatic rings. The molecule has 0 saturated heterocycles. The molecule has 2 aromatic rings. The van der Waals surface area contributed by atoms with Crippen molar-refractivity contribution in [3.8, 4) is 17.2 Å². The molecule has 0 bridgehead atoms. The van der Waals surface area contributed by atoms with Gasteiger partial charge in [-0.15, -0.1) is 0 Å². The fourth-order valence-electron chi connectivity index (χ4n) is 1.76. The number of carboxylic acid groups (broad SMARTS) is 1. The number of hydrogen-bond acceptors (Lipinski definition) is 4. The van der Waals surface area contributed by atoms with E-state index in [-0.39, 0.29) is 5.76 Å². The summed E-state index contributed by atoms with van der Waals surface area (Å²) in [6.45, 7) is 0. The molecule has 0 aromatic heterocycles. The van der Waals surface area contributed by atoms with Crippen LogP contribution in [0.1, 0.15) is 5.56 Å². The highest BCUT2D eigenvalue weighted by Crippen LogP contribution is 2.21. The Bertz CT molecular complexity index is 656. The number of benzene rings is 2. The van der Waals surface area contributed by atoms with Crippen LogP contribution in [0.4, 0.5) is 0 Å². The molecular weight excluding hydrogens is 284 g/mol. The molecule has 0 unspecified atom stereocenters. The van der Waals surface area contributed by atoms with Crippen molar-refractivity contribution >= 4 is 12.0 Å². The van der Waals surface area contributed by atoms with Crippen LogP contribution >= 0.6 is 0 Å². The molecule has 0 fully saturated rings. The smallest absolute Gasteiger partial charge is 0.371 e. The quantitative estimate of drug-likeness (QED) is 0.655. The predicted octanol–water partition coefficient (Wildman–Crippen LogP) is 3.21. The van der Waals surface area contributed by atoms with Gasteiger partial charge in [-0.2, -0.15) is 0 Å². The molecule has 1 N–H and O–H groups in total. The van der Waals surface area contributed by atoms with E-state index in [1.54, 1.807) is 62.8 Å². The summed E-state index contributed by atoms with van der Waals surface area (Å²) in [7, 11) is 3.13. The van der Waals surface area contributed by atoms with Gasteiger partial charge < -0.3 is 19.3 Å². The number of carbonyl (C=O) groups is 1. The van der Waals surface area contributed by atoms with Crippen LogP contribution in [0, 0.1) is 0 Å². The Hall–Kier alpha value is -2.95. The standard InChI is InChI=1S/C17H16O5/c1-20-13-5-3-12(4-6-13)11-16(17(18)19)22-15-9-7-14(21-2)8-10-15/h3-11H,1-2H3,(H,18,19). The van der Waals surface area contributed by atoms with Gasteiger partial charge in [0.25, 0.3) is 0 Å². The maximum absolute atomic E-state index is 11.3. The monoisotopic (exact) mass is 300 g/mol. The number of hydrogen-bond donors (Lipinski definition) is 1. The van der Waals surface area contributed by atoms with Crippen molar-refractivity contribution in [3.05, 3.63) is 59.9 Å². The lowest BCUT2D eigenvalue weighted by atomic mass is 10.2. The molecule has 0 atom stereocenters. The molecule has 5 heteroatoms. The first-order valence-electron chi connectivity index (χ1n) is 6.53. The van der Waals surface area contributed by atoms with E-state index in [4.69, 9.17) is 14.2 Å². The number of ether oxygens (including phenoxy) is 3. The summed E-state index contributed by atoms with van der Waals surface area (Å²) in [6.07, 6.45) is 1.45. The normalized spacial score (nSPS) is 10.9. The highest BCUT2D eigenvalue weighted by atomic mass is 16.5. The zero-order valence-electron chi connectivity index (χ0n) is 12.3. The molecule has 0 amide bonds. The van der Waals surface area contributed by atoms with Gasteiger partial charge >= 0.3 is 5.97 Å². The first-order chi connectivity index (χ1) is 10.6. The zero-order chi connectivity index (χ0) is 15.9. The van der Waals surface area contributed by atoms with Crippen molar-refractivity contribution in [2.75, 3.05) is 14.2 Å².